The fraction of sp³-hybridized carbons (Fsp3) is 1.00. The molecule has 4 heteroatoms. The maximum atomic E-state index is 6.13. The molecule has 3 rings (SSSR count). The van der Waals surface area contributed by atoms with Crippen molar-refractivity contribution in [1.82, 2.24) is 15.3 Å². The molecule has 0 aromatic heterocycles. The normalized spacial score (nSPS) is 39.7. The molecule has 0 amide bonds. The SMILES string of the molecule is NCC1(NN2CCCCC2)CCN2CCCC21. The van der Waals surface area contributed by atoms with Crippen LogP contribution in [0.15, 0.2) is 0 Å². The minimum Gasteiger partial charge on any atom is -0.329 e. The average Bonchev–Trinajstić information content (AvgIpc) is 2.95. The van der Waals surface area contributed by atoms with Crippen LogP contribution in [-0.2, 0) is 0 Å². The van der Waals surface area contributed by atoms with Crippen LogP contribution in [0.25, 0.3) is 0 Å². The molecule has 0 aliphatic carbocycles. The van der Waals surface area contributed by atoms with Crippen molar-refractivity contribution in [3.8, 4) is 0 Å². The van der Waals surface area contributed by atoms with Crippen LogP contribution in [0.5, 0.6) is 0 Å². The third kappa shape index (κ3) is 2.12. The lowest BCUT2D eigenvalue weighted by atomic mass is 9.89. The number of rotatable bonds is 3. The molecule has 3 fully saturated rings. The predicted molar refractivity (Wildman–Crippen MR) is 69.6 cm³/mol. The number of nitrogens with two attached hydrogens (primary N) is 1. The summed E-state index contributed by atoms with van der Waals surface area (Å²) in [5, 5.41) is 2.44. The van der Waals surface area contributed by atoms with E-state index < -0.39 is 0 Å². The van der Waals surface area contributed by atoms with Gasteiger partial charge in [-0.1, -0.05) is 6.42 Å². The van der Waals surface area contributed by atoms with Gasteiger partial charge in [0, 0.05) is 32.2 Å². The molecule has 0 aromatic rings. The molecule has 2 unspecified atom stereocenters. The number of nitrogens with zero attached hydrogens (tertiary/aromatic N) is 2. The molecule has 0 radical (unpaired) electrons. The van der Waals surface area contributed by atoms with Gasteiger partial charge in [-0.25, -0.2) is 10.4 Å². The number of piperidine rings is 1. The fourth-order valence-corrected chi connectivity index (χ4v) is 3.96. The van der Waals surface area contributed by atoms with Gasteiger partial charge in [0.15, 0.2) is 0 Å². The first-order valence-electron chi connectivity index (χ1n) is 7.31. The molecule has 98 valence electrons. The summed E-state index contributed by atoms with van der Waals surface area (Å²) in [5.41, 5.74) is 10.1. The van der Waals surface area contributed by atoms with Crippen molar-refractivity contribution in [3.63, 3.8) is 0 Å². The summed E-state index contributed by atoms with van der Waals surface area (Å²) < 4.78 is 0. The first-order valence-corrected chi connectivity index (χ1v) is 7.31. The Morgan fingerprint density at radius 1 is 1.06 bits per heavy atom. The summed E-state index contributed by atoms with van der Waals surface area (Å²) in [6.45, 7) is 5.71. The highest BCUT2D eigenvalue weighted by Crippen LogP contribution is 2.35. The number of hydrogen-bond donors (Lipinski definition) is 2. The van der Waals surface area contributed by atoms with Gasteiger partial charge < -0.3 is 5.73 Å². The van der Waals surface area contributed by atoms with Gasteiger partial charge in [-0.05, 0) is 38.6 Å². The van der Waals surface area contributed by atoms with E-state index in [1.165, 1.54) is 64.7 Å². The Morgan fingerprint density at radius 3 is 2.65 bits per heavy atom. The Hall–Kier alpha value is -0.160. The van der Waals surface area contributed by atoms with Gasteiger partial charge in [-0.15, -0.1) is 0 Å². The lowest BCUT2D eigenvalue weighted by Gasteiger charge is -2.41. The number of hydrazine groups is 1. The van der Waals surface area contributed by atoms with E-state index in [-0.39, 0.29) is 5.54 Å². The lowest BCUT2D eigenvalue weighted by molar-refractivity contribution is 0.0667. The van der Waals surface area contributed by atoms with Gasteiger partial charge in [0.2, 0.25) is 0 Å². The van der Waals surface area contributed by atoms with Crippen LogP contribution < -0.4 is 11.2 Å². The summed E-state index contributed by atoms with van der Waals surface area (Å²) in [6, 6.07) is 0.689. The minimum atomic E-state index is 0.174. The zero-order valence-corrected chi connectivity index (χ0v) is 10.8. The predicted octanol–water partition coefficient (Wildman–Crippen LogP) is 0.543. The molecule has 3 saturated heterocycles. The van der Waals surface area contributed by atoms with Crippen LogP contribution >= 0.6 is 0 Å². The molecule has 0 saturated carbocycles. The van der Waals surface area contributed by atoms with E-state index in [9.17, 15) is 0 Å². The van der Waals surface area contributed by atoms with Crippen LogP contribution in [0.4, 0.5) is 0 Å². The fourth-order valence-electron chi connectivity index (χ4n) is 3.96. The van der Waals surface area contributed by atoms with Gasteiger partial charge >= 0.3 is 0 Å². The van der Waals surface area contributed by atoms with Crippen molar-refractivity contribution in [2.45, 2.75) is 50.1 Å². The number of fused-ring (bicyclic) bond motifs is 1. The van der Waals surface area contributed by atoms with E-state index in [0.717, 1.165) is 6.54 Å². The van der Waals surface area contributed by atoms with E-state index in [0.29, 0.717) is 6.04 Å². The topological polar surface area (TPSA) is 44.5 Å². The van der Waals surface area contributed by atoms with Crippen LogP contribution in [0.2, 0.25) is 0 Å². The molecule has 2 atom stereocenters. The van der Waals surface area contributed by atoms with Gasteiger partial charge in [-0.3, -0.25) is 4.90 Å². The summed E-state index contributed by atoms with van der Waals surface area (Å²) in [6.07, 6.45) is 7.98. The second-order valence-electron chi connectivity index (χ2n) is 5.96. The molecule has 0 aromatic carbocycles. The van der Waals surface area contributed by atoms with E-state index in [4.69, 9.17) is 5.73 Å². The van der Waals surface area contributed by atoms with E-state index in [1.807, 2.05) is 0 Å². The number of hydrogen-bond acceptors (Lipinski definition) is 4. The van der Waals surface area contributed by atoms with Gasteiger partial charge in [-0.2, -0.15) is 0 Å². The zero-order chi connectivity index (χ0) is 11.7. The summed E-state index contributed by atoms with van der Waals surface area (Å²) in [4.78, 5) is 2.64. The lowest BCUT2D eigenvalue weighted by Crippen LogP contribution is -2.63. The van der Waals surface area contributed by atoms with Crippen LogP contribution in [0.3, 0.4) is 0 Å². The van der Waals surface area contributed by atoms with Crippen LogP contribution in [0, 0.1) is 0 Å². The molecule has 0 bridgehead atoms. The average molecular weight is 238 g/mol. The Labute approximate surface area is 104 Å². The Bertz CT molecular complexity index is 264. The first kappa shape index (κ1) is 11.9. The molecule has 3 N–H and O–H groups in total. The third-order valence-electron chi connectivity index (χ3n) is 4.95. The summed E-state index contributed by atoms with van der Waals surface area (Å²) >= 11 is 0. The molecule has 4 nitrogen and oxygen atoms in total. The smallest absolute Gasteiger partial charge is 0.0614 e. The van der Waals surface area contributed by atoms with E-state index in [1.54, 1.807) is 0 Å². The molecule has 0 spiro atoms. The van der Waals surface area contributed by atoms with Crippen LogP contribution in [-0.4, -0.2) is 54.2 Å². The van der Waals surface area contributed by atoms with Crippen molar-refractivity contribution in [1.29, 1.82) is 0 Å². The molecule has 17 heavy (non-hydrogen) atoms. The van der Waals surface area contributed by atoms with Crippen molar-refractivity contribution >= 4 is 0 Å². The Kier molecular flexibility index (Phi) is 3.39. The Morgan fingerprint density at radius 2 is 1.88 bits per heavy atom. The standard InChI is InChI=1S/C13H26N4/c14-11-13(15-17-8-2-1-3-9-17)6-10-16-7-4-5-12(13)16/h12,15H,1-11,14H2. The largest absolute Gasteiger partial charge is 0.329 e. The van der Waals surface area contributed by atoms with Crippen molar-refractivity contribution in [3.05, 3.63) is 0 Å². The molecule has 3 aliphatic rings. The quantitative estimate of drug-likeness (QED) is 0.753. The highest BCUT2D eigenvalue weighted by molar-refractivity contribution is 5.08. The highest BCUT2D eigenvalue weighted by atomic mass is 15.5. The second kappa shape index (κ2) is 4.84. The second-order valence-corrected chi connectivity index (χ2v) is 5.96. The van der Waals surface area contributed by atoms with E-state index >= 15 is 0 Å². The molecular weight excluding hydrogens is 212 g/mol. The van der Waals surface area contributed by atoms with Gasteiger partial charge in [0.25, 0.3) is 0 Å². The zero-order valence-electron chi connectivity index (χ0n) is 10.8. The first-order chi connectivity index (χ1) is 8.34. The summed E-state index contributed by atoms with van der Waals surface area (Å²) in [5.74, 6) is 0. The molecular formula is C13H26N4. The van der Waals surface area contributed by atoms with Gasteiger partial charge in [0.05, 0.1) is 5.54 Å². The number of nitrogens with one attached hydrogen (secondary N) is 1. The minimum absolute atomic E-state index is 0.174. The van der Waals surface area contributed by atoms with Crippen molar-refractivity contribution in [2.24, 2.45) is 5.73 Å². The van der Waals surface area contributed by atoms with E-state index in [2.05, 4.69) is 15.3 Å². The molecule has 3 aliphatic heterocycles. The van der Waals surface area contributed by atoms with Crippen molar-refractivity contribution in [2.75, 3.05) is 32.7 Å². The summed E-state index contributed by atoms with van der Waals surface area (Å²) in [7, 11) is 0. The van der Waals surface area contributed by atoms with Crippen molar-refractivity contribution < 1.29 is 0 Å². The maximum absolute atomic E-state index is 6.13. The third-order valence-corrected chi connectivity index (χ3v) is 4.95. The monoisotopic (exact) mass is 238 g/mol. The van der Waals surface area contributed by atoms with Crippen LogP contribution in [0.1, 0.15) is 38.5 Å². The Balaban J connectivity index is 1.68. The molecule has 3 heterocycles. The van der Waals surface area contributed by atoms with Gasteiger partial charge in [0.1, 0.15) is 0 Å². The highest BCUT2D eigenvalue weighted by Gasteiger charge is 2.48. The maximum Gasteiger partial charge on any atom is 0.0614 e.